The molecular weight excluding hydrogens is 542 g/mol. The zero-order valence-corrected chi connectivity index (χ0v) is 23.0. The minimum absolute atomic E-state index is 0.0210. The number of hydrogen-bond donors (Lipinski definition) is 1. The Morgan fingerprint density at radius 2 is 1.92 bits per heavy atom. The van der Waals surface area contributed by atoms with E-state index in [1.807, 2.05) is 30.3 Å². The molecule has 7 nitrogen and oxygen atoms in total. The molecule has 6 atom stereocenters. The Kier molecular flexibility index (Phi) is 8.32. The summed E-state index contributed by atoms with van der Waals surface area (Å²) in [6, 6.07) is 9.05. The van der Waals surface area contributed by atoms with Gasteiger partial charge in [-0.1, -0.05) is 58.4 Å². The maximum atomic E-state index is 14.3. The maximum Gasteiger partial charge on any atom is 0.247 e. The molecular formula is C27H34BrN3O4S. The van der Waals surface area contributed by atoms with E-state index in [-0.39, 0.29) is 41.0 Å². The predicted octanol–water partition coefficient (Wildman–Crippen LogP) is 2.69. The first-order valence-electron chi connectivity index (χ1n) is 12.3. The van der Waals surface area contributed by atoms with Crippen LogP contribution in [0.1, 0.15) is 18.4 Å². The number of carbonyl (C=O) groups excluding carboxylic acids is 3. The van der Waals surface area contributed by atoms with Crippen molar-refractivity contribution in [1.29, 1.82) is 0 Å². The number of halogens is 1. The fraction of sp³-hybridized carbons (Fsp3) is 0.519. The van der Waals surface area contributed by atoms with Crippen LogP contribution in [0.5, 0.6) is 0 Å². The molecule has 3 aliphatic heterocycles. The van der Waals surface area contributed by atoms with Gasteiger partial charge >= 0.3 is 0 Å². The van der Waals surface area contributed by atoms with E-state index in [2.05, 4.69) is 29.1 Å². The summed E-state index contributed by atoms with van der Waals surface area (Å²) in [5, 5.41) is 9.46. The van der Waals surface area contributed by atoms with Crippen molar-refractivity contribution in [1.82, 2.24) is 14.7 Å². The summed E-state index contributed by atoms with van der Waals surface area (Å²) in [7, 11) is 1.73. The van der Waals surface area contributed by atoms with Gasteiger partial charge in [0.05, 0.1) is 16.6 Å². The molecule has 9 heteroatoms. The Labute approximate surface area is 225 Å². The Morgan fingerprint density at radius 1 is 1.22 bits per heavy atom. The minimum atomic E-state index is -0.706. The molecule has 3 aliphatic rings. The predicted molar refractivity (Wildman–Crippen MR) is 146 cm³/mol. The van der Waals surface area contributed by atoms with E-state index >= 15 is 0 Å². The fourth-order valence-corrected chi connectivity index (χ4v) is 9.68. The average Bonchev–Trinajstić information content (AvgIpc) is 3.45. The number of rotatable bonds is 11. The van der Waals surface area contributed by atoms with Gasteiger partial charge in [0.25, 0.3) is 0 Å². The Morgan fingerprint density at radius 3 is 2.56 bits per heavy atom. The van der Waals surface area contributed by atoms with Crippen LogP contribution in [0.4, 0.5) is 0 Å². The maximum absolute atomic E-state index is 14.3. The highest BCUT2D eigenvalue weighted by Gasteiger charge is 2.75. The first-order valence-corrected chi connectivity index (χ1v) is 14.1. The van der Waals surface area contributed by atoms with Crippen LogP contribution in [0, 0.1) is 11.8 Å². The normalized spacial score (nSPS) is 30.2. The van der Waals surface area contributed by atoms with Crippen molar-refractivity contribution in [3.63, 3.8) is 0 Å². The Hall–Kier alpha value is -2.10. The van der Waals surface area contributed by atoms with E-state index in [0.29, 0.717) is 32.5 Å². The Bertz CT molecular complexity index is 1020. The van der Waals surface area contributed by atoms with Crippen molar-refractivity contribution >= 4 is 45.4 Å². The van der Waals surface area contributed by atoms with Crippen LogP contribution in [0.15, 0.2) is 55.6 Å². The number of aliphatic hydroxyl groups excluding tert-OH is 1. The summed E-state index contributed by atoms with van der Waals surface area (Å²) in [5.74, 6) is -1.45. The molecule has 3 saturated heterocycles. The lowest BCUT2D eigenvalue weighted by Gasteiger charge is -2.38. The van der Waals surface area contributed by atoms with E-state index in [9.17, 15) is 19.5 Å². The van der Waals surface area contributed by atoms with Crippen LogP contribution in [0.2, 0.25) is 0 Å². The van der Waals surface area contributed by atoms with Gasteiger partial charge in [0.15, 0.2) is 0 Å². The molecule has 2 bridgehead atoms. The van der Waals surface area contributed by atoms with E-state index in [0.717, 1.165) is 5.56 Å². The molecule has 1 aromatic rings. The van der Waals surface area contributed by atoms with Crippen LogP contribution in [0.3, 0.4) is 0 Å². The van der Waals surface area contributed by atoms with Gasteiger partial charge in [0.2, 0.25) is 17.7 Å². The van der Waals surface area contributed by atoms with E-state index in [1.165, 1.54) is 0 Å². The lowest BCUT2D eigenvalue weighted by atomic mass is 9.70. The number of thioether (sulfide) groups is 1. The standard InChI is InChI=1S/C27H34BrN3O4S/c1-4-12-29(3)24(33)20-21-25(34)31(14-9-15-32)23(27(21)16-19(28)22(20)36-27)26(35)30(13-5-2)17-18-10-7-6-8-11-18/h4-8,10-11,19-23,32H,1-2,9,12-17H2,3H3/t19?,20-,21-,22-,23?,27?/m0/s1. The van der Waals surface area contributed by atoms with Gasteiger partial charge in [-0.05, 0) is 18.4 Å². The van der Waals surface area contributed by atoms with Gasteiger partial charge in [-0.25, -0.2) is 0 Å². The van der Waals surface area contributed by atoms with Crippen LogP contribution in [0.25, 0.3) is 0 Å². The smallest absolute Gasteiger partial charge is 0.247 e. The summed E-state index contributed by atoms with van der Waals surface area (Å²) in [5.41, 5.74) is 0.994. The third-order valence-electron chi connectivity index (χ3n) is 7.52. The van der Waals surface area contributed by atoms with Crippen molar-refractivity contribution in [2.24, 2.45) is 11.8 Å². The molecule has 1 N–H and O–H groups in total. The van der Waals surface area contributed by atoms with E-state index < -0.39 is 22.6 Å². The van der Waals surface area contributed by atoms with Gasteiger partial charge in [0.1, 0.15) is 6.04 Å². The molecule has 0 aromatic heterocycles. The number of amides is 3. The quantitative estimate of drug-likeness (QED) is 0.324. The van der Waals surface area contributed by atoms with Crippen LogP contribution < -0.4 is 0 Å². The first kappa shape index (κ1) is 26.9. The number of alkyl halides is 1. The topological polar surface area (TPSA) is 81.2 Å². The molecule has 1 spiro atoms. The average molecular weight is 577 g/mol. The van der Waals surface area contributed by atoms with Crippen molar-refractivity contribution < 1.29 is 19.5 Å². The zero-order valence-electron chi connectivity index (χ0n) is 20.6. The van der Waals surface area contributed by atoms with Crippen molar-refractivity contribution in [2.75, 3.05) is 33.3 Å². The highest BCUT2D eigenvalue weighted by molar-refractivity contribution is 9.09. The summed E-state index contributed by atoms with van der Waals surface area (Å²) < 4.78 is -0.700. The number of carbonyl (C=O) groups is 3. The lowest BCUT2D eigenvalue weighted by molar-refractivity contribution is -0.144. The highest BCUT2D eigenvalue weighted by Crippen LogP contribution is 2.68. The van der Waals surface area contributed by atoms with Gasteiger partial charge in [-0.2, -0.15) is 0 Å². The van der Waals surface area contributed by atoms with E-state index in [1.54, 1.807) is 45.7 Å². The second-order valence-electron chi connectivity index (χ2n) is 9.77. The lowest BCUT2D eigenvalue weighted by Crippen LogP contribution is -2.55. The summed E-state index contributed by atoms with van der Waals surface area (Å²) in [6.45, 7) is 8.94. The third kappa shape index (κ3) is 4.54. The molecule has 3 amide bonds. The molecule has 3 heterocycles. The number of hydrogen-bond acceptors (Lipinski definition) is 5. The SMILES string of the molecule is C=CCN(C)C(=O)[C@H]1[C@H]2C(=O)N(CCCO)C(C(=O)N(CC=C)Cc3ccccc3)C23CC(Br)[C@@H]1S3. The summed E-state index contributed by atoms with van der Waals surface area (Å²) in [4.78, 5) is 46.8. The minimum Gasteiger partial charge on any atom is -0.396 e. The van der Waals surface area contributed by atoms with Gasteiger partial charge in [0, 0.05) is 49.9 Å². The van der Waals surface area contributed by atoms with Crippen LogP contribution in [-0.4, -0.2) is 91.7 Å². The number of fused-ring (bicyclic) bond motifs is 1. The number of likely N-dealkylation sites (tertiary alicyclic amines) is 1. The Balaban J connectivity index is 1.73. The fourth-order valence-electron chi connectivity index (χ4n) is 6.08. The first-order chi connectivity index (χ1) is 17.3. The van der Waals surface area contributed by atoms with Crippen molar-refractivity contribution in [2.45, 2.75) is 40.3 Å². The molecule has 36 heavy (non-hydrogen) atoms. The molecule has 0 aliphatic carbocycles. The number of likely N-dealkylation sites (N-methyl/N-ethyl adjacent to an activating group) is 1. The van der Waals surface area contributed by atoms with Crippen molar-refractivity contribution in [3.05, 3.63) is 61.2 Å². The van der Waals surface area contributed by atoms with Crippen molar-refractivity contribution in [3.8, 4) is 0 Å². The molecule has 0 saturated carbocycles. The molecule has 4 rings (SSSR count). The molecule has 194 valence electrons. The second kappa shape index (κ2) is 11.1. The monoisotopic (exact) mass is 575 g/mol. The van der Waals surface area contributed by atoms with E-state index in [4.69, 9.17) is 0 Å². The molecule has 1 aromatic carbocycles. The van der Waals surface area contributed by atoms with Gasteiger partial charge in [-0.3, -0.25) is 14.4 Å². The third-order valence-corrected chi connectivity index (χ3v) is 10.7. The number of benzene rings is 1. The zero-order chi connectivity index (χ0) is 26.0. The summed E-state index contributed by atoms with van der Waals surface area (Å²) in [6.07, 6.45) is 4.38. The molecule has 3 fully saturated rings. The van der Waals surface area contributed by atoms with Gasteiger partial charge < -0.3 is 19.8 Å². The molecule has 3 unspecified atom stereocenters. The summed E-state index contributed by atoms with van der Waals surface area (Å²) >= 11 is 5.42. The van der Waals surface area contributed by atoms with Gasteiger partial charge in [-0.15, -0.1) is 24.9 Å². The second-order valence-corrected chi connectivity index (χ2v) is 12.5. The van der Waals surface area contributed by atoms with Crippen LogP contribution in [-0.2, 0) is 20.9 Å². The largest absolute Gasteiger partial charge is 0.396 e. The van der Waals surface area contributed by atoms with Crippen LogP contribution >= 0.6 is 27.7 Å². The molecule has 0 radical (unpaired) electrons. The number of nitrogens with zero attached hydrogens (tertiary/aromatic N) is 3. The highest BCUT2D eigenvalue weighted by atomic mass is 79.9. The number of aliphatic hydroxyl groups is 1.